The average molecular weight is 1640 g/mol. The number of alkyl halides is 1. The van der Waals surface area contributed by atoms with E-state index in [1.807, 2.05) is 94.2 Å². The predicted octanol–water partition coefficient (Wildman–Crippen LogP) is 7.93. The van der Waals surface area contributed by atoms with Crippen LogP contribution in [0.3, 0.4) is 0 Å². The summed E-state index contributed by atoms with van der Waals surface area (Å²) >= 11 is 0. The van der Waals surface area contributed by atoms with E-state index in [2.05, 4.69) is 153 Å². The zero-order valence-corrected chi connectivity index (χ0v) is 65.2. The third-order valence-corrected chi connectivity index (χ3v) is 23.2. The topological polar surface area (TPSA) is 486 Å². The molecule has 1 saturated carbocycles. The summed E-state index contributed by atoms with van der Waals surface area (Å²) in [6.45, 7) is 22.2. The number of likely N-dealkylation sites (tertiary alicyclic amines) is 3. The molecular weight excluding hydrogens is 1550 g/mol. The minimum Gasteiger partial charge on any atom is -0.390 e. The fraction of sp³-hybridized carbons (Fsp3) is 0.383. The third kappa shape index (κ3) is 15.8. The van der Waals surface area contributed by atoms with Gasteiger partial charge in [0.05, 0.1) is 130 Å². The van der Waals surface area contributed by atoms with Crippen LogP contribution in [0.25, 0.3) is 120 Å². The molecule has 121 heavy (non-hydrogen) atoms. The van der Waals surface area contributed by atoms with Crippen molar-refractivity contribution in [2.45, 2.75) is 125 Å². The van der Waals surface area contributed by atoms with Crippen LogP contribution in [0.1, 0.15) is 71.9 Å². The number of ether oxygens (including phenoxy) is 2. The van der Waals surface area contributed by atoms with Crippen molar-refractivity contribution in [3.05, 3.63) is 177 Å². The lowest BCUT2D eigenvalue weighted by atomic mass is 9.87. The number of nitrogens with one attached hydrogen (secondary N) is 5. The van der Waals surface area contributed by atoms with Crippen LogP contribution in [0.15, 0.2) is 154 Å². The Morgan fingerprint density at radius 3 is 1.25 bits per heavy atom. The van der Waals surface area contributed by atoms with Gasteiger partial charge in [0.15, 0.2) is 40.7 Å². The lowest BCUT2D eigenvalue weighted by molar-refractivity contribution is -0.154. The Labute approximate surface area is 690 Å². The van der Waals surface area contributed by atoms with Gasteiger partial charge in [0.1, 0.15) is 36.1 Å². The maximum absolute atomic E-state index is 13.5. The Bertz CT molecular complexity index is 6290. The molecule has 20 rings (SSSR count). The van der Waals surface area contributed by atoms with E-state index < -0.39 is 55.1 Å². The summed E-state index contributed by atoms with van der Waals surface area (Å²) in [5.74, 6) is 0.0283. The molecule has 0 amide bonds. The Balaban J connectivity index is 0.000000118. The molecule has 4 aliphatic heterocycles. The molecule has 19 heterocycles. The summed E-state index contributed by atoms with van der Waals surface area (Å²) in [5.41, 5.74) is 11.8. The highest BCUT2D eigenvalue weighted by Gasteiger charge is 2.50. The number of nitrogens with zero attached hydrogens (tertiary/aromatic N) is 28. The van der Waals surface area contributed by atoms with Crippen molar-refractivity contribution in [1.29, 1.82) is 15.8 Å². The summed E-state index contributed by atoms with van der Waals surface area (Å²) in [5, 5.41) is 135. The van der Waals surface area contributed by atoms with Crippen molar-refractivity contribution in [3.8, 4) is 74.0 Å². The van der Waals surface area contributed by atoms with Crippen molar-refractivity contribution in [3.63, 3.8) is 0 Å². The lowest BCUT2D eigenvalue weighted by Gasteiger charge is -2.47. The number of rotatable bonds is 20. The number of methoxy groups -OCH3 is 1. The smallest absolute Gasteiger partial charge is 0.270 e. The Hall–Kier alpha value is -14.0. The maximum Gasteiger partial charge on any atom is 0.270 e. The molecule has 1 aliphatic carbocycles. The van der Waals surface area contributed by atoms with Crippen molar-refractivity contribution in [2.24, 2.45) is 5.92 Å². The molecule has 618 valence electrons. The van der Waals surface area contributed by atoms with E-state index in [4.69, 9.17) is 27.9 Å². The van der Waals surface area contributed by atoms with Gasteiger partial charge in [-0.15, -0.1) is 25.5 Å². The van der Waals surface area contributed by atoms with E-state index in [0.717, 1.165) is 132 Å². The van der Waals surface area contributed by atoms with Gasteiger partial charge in [0.2, 0.25) is 0 Å². The first-order valence-corrected chi connectivity index (χ1v) is 38.8. The molecule has 15 aromatic heterocycles. The second kappa shape index (κ2) is 35.3. The molecule has 15 aromatic rings. The number of nitriles is 3. The van der Waals surface area contributed by atoms with Crippen LogP contribution in [0, 0.1) is 53.2 Å². The molecule has 0 aromatic carbocycles. The van der Waals surface area contributed by atoms with Gasteiger partial charge >= 0.3 is 0 Å². The predicted molar refractivity (Wildman–Crippen MR) is 437 cm³/mol. The number of aromatic amines is 5. The summed E-state index contributed by atoms with van der Waals surface area (Å²) < 4.78 is 33.2. The van der Waals surface area contributed by atoms with Crippen LogP contribution in [-0.2, 0) is 26.1 Å². The molecular formula is C81H86FN33O6. The third-order valence-electron chi connectivity index (χ3n) is 23.2. The molecule has 40 heteroatoms. The maximum atomic E-state index is 13.5. The van der Waals surface area contributed by atoms with Crippen LogP contribution >= 0.6 is 0 Å². The second-order valence-electron chi connectivity index (χ2n) is 30.3. The fourth-order valence-electron chi connectivity index (χ4n) is 16.8. The van der Waals surface area contributed by atoms with E-state index in [9.17, 15) is 35.3 Å². The van der Waals surface area contributed by atoms with Crippen molar-refractivity contribution in [2.75, 3.05) is 66.4 Å². The molecule has 4 saturated heterocycles. The molecule has 39 nitrogen and oxygen atoms in total. The molecule has 5 aliphatic rings. The summed E-state index contributed by atoms with van der Waals surface area (Å²) in [6.07, 6.45) is 36.4. The zero-order valence-electron chi connectivity index (χ0n) is 65.2. The SMILES string of the molecule is C.CCC(C1CCC(O)C1O)n1cc(-c2cnnc3[nH]ccc23)cn1.COC1OC(C(CC#N)n2cc(-c3cnnc4[nH]ccc34)cn2)C(O)C1O.N#CN1CC(CF)(n2cc(-c3cnnc4[nH]ccc34)cn2)C1.[C-]#[N+]CN1CC(CC#N)(n2cc(-c3cnnc4[nH]ccc34)cn2)C1.[C-]#[N+]CN1CC(CC)(n2cc(-c3cnnc4[nH]ccc34)cn2)C1. The molecule has 0 bridgehead atoms. The molecule has 9 atom stereocenters. The number of H-pyrrole nitrogens is 5. The van der Waals surface area contributed by atoms with E-state index >= 15 is 0 Å². The summed E-state index contributed by atoms with van der Waals surface area (Å²) in [4.78, 5) is 27.8. The largest absolute Gasteiger partial charge is 0.390 e. The van der Waals surface area contributed by atoms with Gasteiger partial charge < -0.3 is 59.7 Å². The average Bonchev–Trinajstić information content (AvgIpc) is 1.70. The Kier molecular flexibility index (Phi) is 24.0. The van der Waals surface area contributed by atoms with Crippen LogP contribution < -0.4 is 0 Å². The number of fused-ring (bicyclic) bond motifs is 5. The van der Waals surface area contributed by atoms with E-state index in [-0.39, 0.29) is 36.9 Å². The minimum absolute atomic E-state index is 0. The van der Waals surface area contributed by atoms with Crippen LogP contribution in [-0.4, -0.2) is 263 Å². The number of aliphatic hydroxyl groups is 4. The molecule has 0 radical (unpaired) electrons. The van der Waals surface area contributed by atoms with Gasteiger partial charge in [-0.05, 0) is 56.0 Å². The summed E-state index contributed by atoms with van der Waals surface area (Å²) in [7, 11) is 1.38. The van der Waals surface area contributed by atoms with Crippen molar-refractivity contribution >= 4 is 55.2 Å². The first-order chi connectivity index (χ1) is 58.6. The van der Waals surface area contributed by atoms with Crippen molar-refractivity contribution in [1.82, 2.24) is 140 Å². The van der Waals surface area contributed by atoms with E-state index in [0.29, 0.717) is 63.7 Å². The number of hydrogen-bond donors (Lipinski definition) is 9. The van der Waals surface area contributed by atoms with Gasteiger partial charge in [-0.3, -0.25) is 33.1 Å². The van der Waals surface area contributed by atoms with Crippen LogP contribution in [0.5, 0.6) is 0 Å². The Morgan fingerprint density at radius 1 is 0.512 bits per heavy atom. The first kappa shape index (κ1) is 82.1. The monoisotopic (exact) mass is 1640 g/mol. The number of halogens is 1. The van der Waals surface area contributed by atoms with Gasteiger partial charge in [-0.2, -0.15) is 66.8 Å². The lowest BCUT2D eigenvalue weighted by Crippen LogP contribution is -2.62. The molecule has 9 N–H and O–H groups in total. The molecule has 5 fully saturated rings. The van der Waals surface area contributed by atoms with Crippen LogP contribution in [0.2, 0.25) is 0 Å². The number of hydrogen-bond acceptors (Lipinski definition) is 27. The number of aromatic nitrogens is 25. The van der Waals surface area contributed by atoms with Gasteiger partial charge in [-0.25, -0.2) is 27.3 Å². The Morgan fingerprint density at radius 2 is 0.901 bits per heavy atom. The molecule has 9 unspecified atom stereocenters. The van der Waals surface area contributed by atoms with Crippen molar-refractivity contribution < 1.29 is 34.3 Å². The summed E-state index contributed by atoms with van der Waals surface area (Å²) in [6, 6.07) is 13.6. The van der Waals surface area contributed by atoms with E-state index in [1.54, 1.807) is 83.7 Å². The van der Waals surface area contributed by atoms with Gasteiger partial charge in [-0.1, -0.05) is 21.3 Å². The number of aliphatic hydroxyl groups excluding tert-OH is 4. The normalized spacial score (nSPS) is 20.4. The molecule has 0 spiro atoms. The highest BCUT2D eigenvalue weighted by Crippen LogP contribution is 2.41. The zero-order chi connectivity index (χ0) is 83.2. The van der Waals surface area contributed by atoms with E-state index in [1.165, 1.54) is 12.0 Å². The highest BCUT2D eigenvalue weighted by molar-refractivity contribution is 5.95. The highest BCUT2D eigenvalue weighted by atomic mass is 19.1. The minimum atomic E-state index is -1.19. The quantitative estimate of drug-likeness (QED) is 0.0258. The van der Waals surface area contributed by atoms with Gasteiger partial charge in [0, 0.05) is 184 Å². The van der Waals surface area contributed by atoms with Gasteiger partial charge in [0.25, 0.3) is 13.3 Å². The second-order valence-corrected chi connectivity index (χ2v) is 30.3. The van der Waals surface area contributed by atoms with Crippen LogP contribution in [0.4, 0.5) is 4.39 Å². The first-order valence-electron chi connectivity index (χ1n) is 38.8. The standard InChI is InChI=1S/C17H18N6O4.C17H21N5O2.C16H14N8.C16H17N7.C14H12FN7.CH4/c1-26-17-14(25)13(24)15(27-17)12(2-4-18)23-8-9(6-21-23)11-7-20-22-16-10(11)3-5-19-16;1-2-14(12-3-4-15(23)16(12)24)22-9-10(7-20-22)13-8-19-21-17-11(13)5-6-18-17;1-18-11-23-9-16(10-23,3-4-17)24-8-12(6-21-24)14-7-20-22-15-13(14)2-5-19-15;1-3-16(9-22(10-16)11-17-2)23-8-12(6-20-23)14-7-19-21-15-13(14)4-5-18-15;15-6-14(7-21(8-14)9-16)22-5-10(3-19-22)12-4-18-20-13-11(12)1-2-17-13;/h3,5-8,12-15,17,24-25H,2H2,1H3,(H,19,22);5-9,12,14-16,23-24H,2-4H2,1H3,(H,18,21);2,5-8H,3,9-11H2,(H,19,22);4-8H,3,9-11H2,1H3,(H,18,21);1-5H,6-8H2,(H,17,20);1H4. The fourth-order valence-corrected chi connectivity index (χ4v) is 16.8.